The van der Waals surface area contributed by atoms with E-state index in [1.54, 1.807) is 7.11 Å². The molecule has 0 atom stereocenters. The Morgan fingerprint density at radius 1 is 1.28 bits per heavy atom. The minimum Gasteiger partial charge on any atom is -0.495 e. The molecule has 0 unspecified atom stereocenters. The molecule has 0 saturated carbocycles. The summed E-state index contributed by atoms with van der Waals surface area (Å²) in [5, 5.41) is 3.00. The van der Waals surface area contributed by atoms with Gasteiger partial charge in [-0.3, -0.25) is 0 Å². The van der Waals surface area contributed by atoms with E-state index in [-0.39, 0.29) is 0 Å². The van der Waals surface area contributed by atoms with E-state index in [2.05, 4.69) is 30.2 Å². The molecule has 3 heteroatoms. The number of anilines is 1. The molecule has 0 bridgehead atoms. The monoisotopic (exact) mass is 246 g/mol. The first-order valence-electron chi connectivity index (χ1n) is 5.60. The second-order valence-corrected chi connectivity index (χ2v) is 4.14. The van der Waals surface area contributed by atoms with Crippen molar-refractivity contribution in [2.45, 2.75) is 20.8 Å². The van der Waals surface area contributed by atoms with Crippen LogP contribution in [0.4, 0.5) is 5.69 Å². The Morgan fingerprint density at radius 2 is 1.83 bits per heavy atom. The topological polar surface area (TPSA) is 33.6 Å². The van der Waals surface area contributed by atoms with Crippen LogP contribution >= 0.6 is 0 Å². The number of hydrogen-bond acceptors (Lipinski definition) is 3. The molecule has 0 aliphatic carbocycles. The predicted octanol–water partition coefficient (Wildman–Crippen LogP) is 4.17. The number of rotatable bonds is 4. The van der Waals surface area contributed by atoms with Gasteiger partial charge in [0, 0.05) is 0 Å². The highest BCUT2D eigenvalue weighted by molar-refractivity contribution is 5.60. The predicted molar refractivity (Wildman–Crippen MR) is 80.5 cm³/mol. The zero-order chi connectivity index (χ0) is 14.1. The highest BCUT2D eigenvalue weighted by atomic mass is 16.5. The lowest BCUT2D eigenvalue weighted by molar-refractivity contribution is 0.416. The minimum atomic E-state index is 0.508. The lowest BCUT2D eigenvalue weighted by Crippen LogP contribution is -1.98. The highest BCUT2D eigenvalue weighted by Gasteiger charge is 2.02. The number of nitrogens with one attached hydrogen (secondary N) is 1. The van der Waals surface area contributed by atoms with Crippen molar-refractivity contribution < 1.29 is 4.74 Å². The van der Waals surface area contributed by atoms with Crippen molar-refractivity contribution in [3.8, 4) is 5.75 Å². The van der Waals surface area contributed by atoms with Crippen LogP contribution in [0.1, 0.15) is 19.4 Å². The van der Waals surface area contributed by atoms with E-state index in [1.807, 2.05) is 39.0 Å². The van der Waals surface area contributed by atoms with Crippen molar-refractivity contribution >= 4 is 12.4 Å². The van der Waals surface area contributed by atoms with E-state index in [9.17, 15) is 0 Å². The molecule has 0 amide bonds. The first-order valence-corrected chi connectivity index (χ1v) is 5.60. The van der Waals surface area contributed by atoms with Crippen molar-refractivity contribution in [1.29, 1.82) is 0 Å². The maximum absolute atomic E-state index is 5.18. The summed E-state index contributed by atoms with van der Waals surface area (Å²) >= 11 is 0. The molecule has 0 saturated heterocycles. The van der Waals surface area contributed by atoms with Crippen LogP contribution in [0.25, 0.3) is 0 Å². The lowest BCUT2D eigenvalue weighted by Gasteiger charge is -2.10. The number of aliphatic imine (C=N–C) groups is 1. The zero-order valence-electron chi connectivity index (χ0n) is 11.7. The second kappa shape index (κ2) is 8.12. The van der Waals surface area contributed by atoms with Crippen molar-refractivity contribution in [1.82, 2.24) is 0 Å². The van der Waals surface area contributed by atoms with Gasteiger partial charge in [-0.15, -0.1) is 6.58 Å². The Hall–Kier alpha value is -2.03. The Balaban J connectivity index is 0.000000631. The van der Waals surface area contributed by atoms with Gasteiger partial charge < -0.3 is 10.1 Å². The number of methoxy groups -OCH3 is 1. The maximum atomic E-state index is 5.18. The number of nitrogens with zero attached hydrogens (tertiary/aromatic N) is 1. The Labute approximate surface area is 110 Å². The second-order valence-electron chi connectivity index (χ2n) is 4.14. The van der Waals surface area contributed by atoms with Crippen LogP contribution in [0.5, 0.6) is 5.75 Å². The van der Waals surface area contributed by atoms with E-state index in [1.165, 1.54) is 5.57 Å². The van der Waals surface area contributed by atoms with Gasteiger partial charge in [0.1, 0.15) is 11.6 Å². The molecule has 1 N–H and O–H groups in total. The smallest absolute Gasteiger partial charge is 0.142 e. The molecule has 98 valence electrons. The number of benzene rings is 1. The maximum Gasteiger partial charge on any atom is 0.142 e. The van der Waals surface area contributed by atoms with Crippen LogP contribution in [0, 0.1) is 6.92 Å². The molecular weight excluding hydrogens is 224 g/mol. The molecule has 18 heavy (non-hydrogen) atoms. The van der Waals surface area contributed by atoms with Crippen molar-refractivity contribution in [3.63, 3.8) is 0 Å². The van der Waals surface area contributed by atoms with E-state index in [0.29, 0.717) is 5.82 Å². The third-order valence-electron chi connectivity index (χ3n) is 1.82. The van der Waals surface area contributed by atoms with Gasteiger partial charge in [-0.1, -0.05) is 18.2 Å². The molecule has 0 aliphatic heterocycles. The molecule has 0 aromatic heterocycles. The van der Waals surface area contributed by atoms with E-state index >= 15 is 0 Å². The third-order valence-corrected chi connectivity index (χ3v) is 1.82. The number of hydrogen-bond donors (Lipinski definition) is 1. The standard InChI is InChI=1S/C11H14N2O.C4H8/c1-8-5-6-11(14-4)10(7-8)13-9(2)12-3;1-4(2)3/h5-7,13H,2-3H2,1,4H3;1H2,2-3H3. The van der Waals surface area contributed by atoms with E-state index < -0.39 is 0 Å². The Bertz CT molecular complexity index is 432. The largest absolute Gasteiger partial charge is 0.495 e. The Morgan fingerprint density at radius 3 is 2.28 bits per heavy atom. The molecule has 3 nitrogen and oxygen atoms in total. The van der Waals surface area contributed by atoms with Gasteiger partial charge in [-0.25, -0.2) is 4.99 Å². The molecule has 1 aromatic rings. The molecular formula is C15H22N2O. The normalized spacial score (nSPS) is 8.67. The van der Waals surface area contributed by atoms with Gasteiger partial charge in [-0.05, 0) is 45.2 Å². The molecule has 0 radical (unpaired) electrons. The minimum absolute atomic E-state index is 0.508. The van der Waals surface area contributed by atoms with Gasteiger partial charge >= 0.3 is 0 Å². The fraction of sp³-hybridized carbons (Fsp3) is 0.267. The number of aryl methyl sites for hydroxylation is 1. The van der Waals surface area contributed by atoms with Crippen molar-refractivity contribution in [3.05, 3.63) is 48.3 Å². The SMILES string of the molecule is C=C(C)C.C=NC(=C)Nc1cc(C)ccc1OC. The van der Waals surface area contributed by atoms with Gasteiger partial charge in [0.25, 0.3) is 0 Å². The average molecular weight is 246 g/mol. The van der Waals surface area contributed by atoms with Crippen molar-refractivity contribution in [2.75, 3.05) is 12.4 Å². The summed E-state index contributed by atoms with van der Waals surface area (Å²) in [5.41, 5.74) is 3.16. The average Bonchev–Trinajstić information content (AvgIpc) is 2.28. The van der Waals surface area contributed by atoms with Gasteiger partial charge in [-0.2, -0.15) is 0 Å². The van der Waals surface area contributed by atoms with Crippen LogP contribution in [0.2, 0.25) is 0 Å². The fourth-order valence-electron chi connectivity index (χ4n) is 1.11. The summed E-state index contributed by atoms with van der Waals surface area (Å²) in [6.45, 7) is 16.6. The molecule has 1 rings (SSSR count). The van der Waals surface area contributed by atoms with Crippen LogP contribution in [-0.4, -0.2) is 13.8 Å². The van der Waals surface area contributed by atoms with Gasteiger partial charge in [0.05, 0.1) is 12.8 Å². The fourth-order valence-corrected chi connectivity index (χ4v) is 1.11. The molecule has 0 spiro atoms. The summed E-state index contributed by atoms with van der Waals surface area (Å²) in [6, 6.07) is 5.84. The van der Waals surface area contributed by atoms with Crippen molar-refractivity contribution in [2.24, 2.45) is 4.99 Å². The first kappa shape index (κ1) is 16.0. The quantitative estimate of drug-likeness (QED) is 0.639. The number of allylic oxidation sites excluding steroid dienone is 1. The van der Waals surface area contributed by atoms with Crippen LogP contribution in [0.15, 0.2) is 47.7 Å². The Kier molecular flexibility index (Phi) is 7.20. The van der Waals surface area contributed by atoms with Gasteiger partial charge in [0.15, 0.2) is 0 Å². The summed E-state index contributed by atoms with van der Waals surface area (Å²) < 4.78 is 5.18. The molecule has 0 fully saturated rings. The van der Waals surface area contributed by atoms with E-state index in [0.717, 1.165) is 17.0 Å². The summed E-state index contributed by atoms with van der Waals surface area (Å²) in [4.78, 5) is 3.68. The van der Waals surface area contributed by atoms with Crippen LogP contribution < -0.4 is 10.1 Å². The van der Waals surface area contributed by atoms with E-state index in [4.69, 9.17) is 4.74 Å². The summed E-state index contributed by atoms with van der Waals surface area (Å²) in [7, 11) is 1.62. The number of ether oxygens (including phenoxy) is 1. The van der Waals surface area contributed by atoms with Crippen LogP contribution in [0.3, 0.4) is 0 Å². The zero-order valence-corrected chi connectivity index (χ0v) is 11.7. The molecule has 1 aromatic carbocycles. The first-order chi connectivity index (χ1) is 8.40. The van der Waals surface area contributed by atoms with Crippen LogP contribution in [-0.2, 0) is 0 Å². The molecule has 0 heterocycles. The summed E-state index contributed by atoms with van der Waals surface area (Å²) in [6.07, 6.45) is 0. The van der Waals surface area contributed by atoms with Gasteiger partial charge in [0.2, 0.25) is 0 Å². The third kappa shape index (κ3) is 6.53. The highest BCUT2D eigenvalue weighted by Crippen LogP contribution is 2.26. The summed E-state index contributed by atoms with van der Waals surface area (Å²) in [5.74, 6) is 1.27. The lowest BCUT2D eigenvalue weighted by atomic mass is 10.2. The molecule has 0 aliphatic rings.